The molecule has 0 N–H and O–H groups in total. The summed E-state index contributed by atoms with van der Waals surface area (Å²) in [4.78, 5) is 15.3. The third-order valence-electron chi connectivity index (χ3n) is 5.91. The van der Waals surface area contributed by atoms with Gasteiger partial charge in [0.1, 0.15) is 16.3 Å². The van der Waals surface area contributed by atoms with Crippen molar-refractivity contribution in [1.82, 2.24) is 29.1 Å². The summed E-state index contributed by atoms with van der Waals surface area (Å²) in [6.45, 7) is 4.88. The van der Waals surface area contributed by atoms with Crippen LogP contribution in [0.25, 0.3) is 26.9 Å². The molecule has 0 aliphatic carbocycles. The van der Waals surface area contributed by atoms with E-state index in [1.54, 1.807) is 11.3 Å². The van der Waals surface area contributed by atoms with Crippen molar-refractivity contribution < 1.29 is 4.74 Å². The number of aromatic nitrogens is 6. The van der Waals surface area contributed by atoms with Crippen molar-refractivity contribution in [3.63, 3.8) is 0 Å². The minimum Gasteiger partial charge on any atom is -0.378 e. The Morgan fingerprint density at radius 3 is 3.00 bits per heavy atom. The van der Waals surface area contributed by atoms with Gasteiger partial charge in [-0.05, 0) is 44.9 Å². The molecule has 1 aromatic carbocycles. The molecule has 0 bridgehead atoms. The Kier molecular flexibility index (Phi) is 4.48. The van der Waals surface area contributed by atoms with Crippen molar-refractivity contribution in [1.29, 1.82) is 0 Å². The Labute approximate surface area is 187 Å². The van der Waals surface area contributed by atoms with E-state index in [4.69, 9.17) is 26.3 Å². The maximum Gasteiger partial charge on any atom is 0.212 e. The van der Waals surface area contributed by atoms with Crippen molar-refractivity contribution in [2.24, 2.45) is 0 Å². The van der Waals surface area contributed by atoms with Crippen molar-refractivity contribution in [3.8, 4) is 0 Å². The third-order valence-corrected chi connectivity index (χ3v) is 6.98. The lowest BCUT2D eigenvalue weighted by molar-refractivity contribution is 0.00631. The Bertz CT molecular complexity index is 1410. The number of benzene rings is 1. The molecule has 1 unspecified atom stereocenters. The molecule has 158 valence electrons. The smallest absolute Gasteiger partial charge is 0.212 e. The largest absolute Gasteiger partial charge is 0.378 e. The zero-order chi connectivity index (χ0) is 21.1. The average molecular weight is 453 g/mol. The van der Waals surface area contributed by atoms with Gasteiger partial charge < -0.3 is 9.30 Å². The molecule has 0 amide bonds. The van der Waals surface area contributed by atoms with E-state index >= 15 is 0 Å². The van der Waals surface area contributed by atoms with E-state index < -0.39 is 0 Å². The molecule has 1 aliphatic rings. The average Bonchev–Trinajstić information content (AvgIpc) is 3.38. The highest BCUT2D eigenvalue weighted by Gasteiger charge is 2.27. The zero-order valence-electron chi connectivity index (χ0n) is 17.2. The van der Waals surface area contributed by atoms with Gasteiger partial charge in [-0.25, -0.2) is 14.5 Å². The van der Waals surface area contributed by atoms with Gasteiger partial charge in [-0.3, -0.25) is 4.98 Å². The normalized spacial score (nSPS) is 19.7. The van der Waals surface area contributed by atoms with E-state index in [-0.39, 0.29) is 6.10 Å². The summed E-state index contributed by atoms with van der Waals surface area (Å²) < 4.78 is 10.1. The summed E-state index contributed by atoms with van der Waals surface area (Å²) in [5, 5.41) is 7.24. The van der Waals surface area contributed by atoms with Gasteiger partial charge in [-0.15, -0.1) is 0 Å². The number of ether oxygens (including phenoxy) is 1. The first-order chi connectivity index (χ1) is 15.0. The van der Waals surface area contributed by atoms with Crippen molar-refractivity contribution in [2.45, 2.75) is 45.3 Å². The van der Waals surface area contributed by atoms with Crippen LogP contribution in [0.1, 0.15) is 42.3 Å². The lowest BCUT2D eigenvalue weighted by Crippen LogP contribution is -2.26. The van der Waals surface area contributed by atoms with Crippen LogP contribution in [-0.4, -0.2) is 41.8 Å². The molecule has 9 heteroatoms. The first-order valence-electron chi connectivity index (χ1n) is 10.4. The SMILES string of the molecule is Cc1nn2cc(Cc3nc4cnc5ccc(Cl)cc5c4n3C3CCO[C@H](C)C3)nc2s1. The van der Waals surface area contributed by atoms with Crippen LogP contribution >= 0.6 is 22.9 Å². The molecule has 0 saturated carbocycles. The molecule has 1 aliphatic heterocycles. The standard InChI is InChI=1S/C22H21ClN6OS/c1-12-7-16(5-6-30-12)29-20(9-15-11-28-22(25-15)31-13(2)27-28)26-19-10-24-18-4-3-14(23)8-17(18)21(19)29/h3-4,8,10-12,16H,5-7,9H2,1-2H3/t12-,16?/m1/s1. The Hall–Kier alpha value is -2.55. The monoisotopic (exact) mass is 452 g/mol. The number of nitrogens with zero attached hydrogens (tertiary/aromatic N) is 6. The topological polar surface area (TPSA) is 70.1 Å². The third kappa shape index (κ3) is 3.30. The predicted molar refractivity (Wildman–Crippen MR) is 122 cm³/mol. The lowest BCUT2D eigenvalue weighted by Gasteiger charge is -2.30. The van der Waals surface area contributed by atoms with Crippen LogP contribution < -0.4 is 0 Å². The number of fused-ring (bicyclic) bond motifs is 4. The number of hydrogen-bond donors (Lipinski definition) is 0. The fourth-order valence-electron chi connectivity index (χ4n) is 4.62. The highest BCUT2D eigenvalue weighted by Crippen LogP contribution is 2.35. The molecule has 1 fully saturated rings. The predicted octanol–water partition coefficient (Wildman–Crippen LogP) is 4.98. The molecular formula is C22H21ClN6OS. The minimum atomic E-state index is 0.214. The second-order valence-corrected chi connectivity index (χ2v) is 9.76. The highest BCUT2D eigenvalue weighted by atomic mass is 35.5. The van der Waals surface area contributed by atoms with Gasteiger partial charge in [-0.1, -0.05) is 22.9 Å². The maximum atomic E-state index is 6.37. The molecule has 7 nitrogen and oxygen atoms in total. The van der Waals surface area contributed by atoms with E-state index in [0.717, 1.165) is 62.9 Å². The van der Waals surface area contributed by atoms with Crippen molar-refractivity contribution in [2.75, 3.05) is 6.61 Å². The molecule has 6 rings (SSSR count). The van der Waals surface area contributed by atoms with Crippen LogP contribution in [0.3, 0.4) is 0 Å². The summed E-state index contributed by atoms with van der Waals surface area (Å²) in [6.07, 6.45) is 6.62. The van der Waals surface area contributed by atoms with Crippen LogP contribution in [0.5, 0.6) is 0 Å². The summed E-state index contributed by atoms with van der Waals surface area (Å²) >= 11 is 7.96. The molecule has 4 aromatic heterocycles. The van der Waals surface area contributed by atoms with Gasteiger partial charge in [0.15, 0.2) is 0 Å². The number of hydrogen-bond acceptors (Lipinski definition) is 6. The van der Waals surface area contributed by atoms with Crippen LogP contribution in [0, 0.1) is 6.92 Å². The van der Waals surface area contributed by atoms with E-state index in [0.29, 0.717) is 17.5 Å². The molecule has 2 atom stereocenters. The van der Waals surface area contributed by atoms with E-state index in [9.17, 15) is 0 Å². The number of pyridine rings is 1. The first kappa shape index (κ1) is 19.2. The maximum absolute atomic E-state index is 6.37. The van der Waals surface area contributed by atoms with Crippen LogP contribution in [-0.2, 0) is 11.2 Å². The van der Waals surface area contributed by atoms with Crippen molar-refractivity contribution >= 4 is 49.8 Å². The lowest BCUT2D eigenvalue weighted by atomic mass is 10.0. The summed E-state index contributed by atoms with van der Waals surface area (Å²) in [6, 6.07) is 6.15. The molecule has 0 radical (unpaired) electrons. The van der Waals surface area contributed by atoms with Crippen LogP contribution in [0.4, 0.5) is 0 Å². The Morgan fingerprint density at radius 2 is 2.16 bits per heavy atom. The van der Waals surface area contributed by atoms with Crippen molar-refractivity contribution in [3.05, 3.63) is 52.1 Å². The van der Waals surface area contributed by atoms with E-state index in [1.807, 2.05) is 42.0 Å². The van der Waals surface area contributed by atoms with Gasteiger partial charge >= 0.3 is 0 Å². The molecule has 1 saturated heterocycles. The number of rotatable bonds is 3. The summed E-state index contributed by atoms with van der Waals surface area (Å²) in [7, 11) is 0. The molecular weight excluding hydrogens is 432 g/mol. The number of aryl methyl sites for hydroxylation is 1. The second-order valence-electron chi connectivity index (χ2n) is 8.17. The minimum absolute atomic E-state index is 0.214. The van der Waals surface area contributed by atoms with Gasteiger partial charge in [0.25, 0.3) is 0 Å². The van der Waals surface area contributed by atoms with E-state index in [2.05, 4.69) is 21.6 Å². The molecule has 0 spiro atoms. The second kappa shape index (κ2) is 7.25. The quantitative estimate of drug-likeness (QED) is 0.386. The van der Waals surface area contributed by atoms with Crippen LogP contribution in [0.2, 0.25) is 5.02 Å². The fraction of sp³-hybridized carbons (Fsp3) is 0.364. The van der Waals surface area contributed by atoms with Gasteiger partial charge in [-0.2, -0.15) is 5.10 Å². The summed E-state index contributed by atoms with van der Waals surface area (Å²) in [5.41, 5.74) is 3.87. The number of imidazole rings is 2. The Morgan fingerprint density at radius 1 is 1.26 bits per heavy atom. The first-order valence-corrected chi connectivity index (χ1v) is 11.6. The van der Waals surface area contributed by atoms with Crippen LogP contribution in [0.15, 0.2) is 30.6 Å². The fourth-order valence-corrected chi connectivity index (χ4v) is 5.53. The van der Waals surface area contributed by atoms with Gasteiger partial charge in [0.05, 0.1) is 35.2 Å². The Balaban J connectivity index is 1.55. The van der Waals surface area contributed by atoms with Gasteiger partial charge in [0, 0.05) is 29.5 Å². The summed E-state index contributed by atoms with van der Waals surface area (Å²) in [5.74, 6) is 0.992. The highest BCUT2D eigenvalue weighted by molar-refractivity contribution is 7.16. The molecule has 5 aromatic rings. The molecule has 31 heavy (non-hydrogen) atoms. The zero-order valence-corrected chi connectivity index (χ0v) is 18.8. The van der Waals surface area contributed by atoms with Gasteiger partial charge in [0.2, 0.25) is 4.96 Å². The molecule has 5 heterocycles. The van der Waals surface area contributed by atoms with E-state index in [1.165, 1.54) is 0 Å². The number of halogens is 1.